The van der Waals surface area contributed by atoms with Gasteiger partial charge in [0.25, 0.3) is 0 Å². The normalized spacial score (nSPS) is 14.2. The van der Waals surface area contributed by atoms with Gasteiger partial charge in [-0.25, -0.2) is 4.79 Å². The Kier molecular flexibility index (Phi) is 2.76. The van der Waals surface area contributed by atoms with Gasteiger partial charge in [-0.05, 0) is 42.9 Å². The summed E-state index contributed by atoms with van der Waals surface area (Å²) in [4.78, 5) is 27.6. The molecule has 1 aromatic carbocycles. The van der Waals surface area contributed by atoms with Crippen molar-refractivity contribution in [3.05, 3.63) is 51.5 Å². The van der Waals surface area contributed by atoms with Crippen LogP contribution in [0.1, 0.15) is 34.5 Å². The van der Waals surface area contributed by atoms with Gasteiger partial charge in [0.2, 0.25) is 5.76 Å². The molecule has 5 nitrogen and oxygen atoms in total. The van der Waals surface area contributed by atoms with Crippen molar-refractivity contribution >= 4 is 27.8 Å². The number of fused-ring (bicyclic) bond motifs is 5. The predicted molar refractivity (Wildman–Crippen MR) is 81.4 cm³/mol. The number of carbonyl (C=O) groups is 1. The van der Waals surface area contributed by atoms with Gasteiger partial charge in [-0.2, -0.15) is 0 Å². The van der Waals surface area contributed by atoms with Gasteiger partial charge < -0.3 is 9.52 Å². The summed E-state index contributed by atoms with van der Waals surface area (Å²) in [7, 11) is 0. The number of aromatic carboxylic acids is 1. The molecular weight excluding hydrogens is 282 g/mol. The second-order valence-corrected chi connectivity index (χ2v) is 5.59. The van der Waals surface area contributed by atoms with Gasteiger partial charge in [0.1, 0.15) is 5.58 Å². The van der Waals surface area contributed by atoms with Gasteiger partial charge in [-0.15, -0.1) is 0 Å². The monoisotopic (exact) mass is 295 g/mol. The van der Waals surface area contributed by atoms with Gasteiger partial charge in [-0.3, -0.25) is 9.78 Å². The maximum atomic E-state index is 12.1. The van der Waals surface area contributed by atoms with Gasteiger partial charge in [0, 0.05) is 17.6 Å². The number of aromatic nitrogens is 1. The molecule has 0 saturated heterocycles. The summed E-state index contributed by atoms with van der Waals surface area (Å²) in [6.45, 7) is 0. The number of benzene rings is 1. The zero-order valence-electron chi connectivity index (χ0n) is 11.8. The molecule has 2 heterocycles. The summed E-state index contributed by atoms with van der Waals surface area (Å²) in [5.41, 5.74) is 3.21. The summed E-state index contributed by atoms with van der Waals surface area (Å²) in [5.74, 6) is -1.59. The molecule has 1 N–H and O–H groups in total. The van der Waals surface area contributed by atoms with Gasteiger partial charge in [0.15, 0.2) is 5.43 Å². The van der Waals surface area contributed by atoms with Gasteiger partial charge in [0.05, 0.1) is 10.9 Å². The van der Waals surface area contributed by atoms with Crippen LogP contribution in [0.3, 0.4) is 0 Å². The summed E-state index contributed by atoms with van der Waals surface area (Å²) >= 11 is 0. The first-order valence-corrected chi connectivity index (χ1v) is 7.26. The third kappa shape index (κ3) is 1.82. The third-order valence-electron chi connectivity index (χ3n) is 4.27. The smallest absolute Gasteiger partial charge is 0.371 e. The van der Waals surface area contributed by atoms with Crippen LogP contribution in [-0.4, -0.2) is 16.1 Å². The van der Waals surface area contributed by atoms with E-state index in [9.17, 15) is 9.59 Å². The second kappa shape index (κ2) is 4.66. The number of hydrogen-bond donors (Lipinski definition) is 1. The number of hydrogen-bond acceptors (Lipinski definition) is 4. The quantitative estimate of drug-likeness (QED) is 0.698. The van der Waals surface area contributed by atoms with Crippen molar-refractivity contribution in [2.45, 2.75) is 25.7 Å². The van der Waals surface area contributed by atoms with Crippen LogP contribution in [0.2, 0.25) is 0 Å². The molecule has 22 heavy (non-hydrogen) atoms. The van der Waals surface area contributed by atoms with E-state index in [1.54, 1.807) is 0 Å². The number of aryl methyl sites for hydroxylation is 2. The molecule has 5 heteroatoms. The zero-order valence-corrected chi connectivity index (χ0v) is 11.8. The highest BCUT2D eigenvalue weighted by Crippen LogP contribution is 2.31. The van der Waals surface area contributed by atoms with Crippen molar-refractivity contribution in [3.8, 4) is 0 Å². The van der Waals surface area contributed by atoms with Crippen LogP contribution in [0.5, 0.6) is 0 Å². The van der Waals surface area contributed by atoms with Crippen LogP contribution < -0.4 is 5.43 Å². The summed E-state index contributed by atoms with van der Waals surface area (Å²) in [5, 5.41) is 10.1. The van der Waals surface area contributed by atoms with E-state index in [0.29, 0.717) is 16.4 Å². The lowest BCUT2D eigenvalue weighted by molar-refractivity contribution is 0.0663. The van der Waals surface area contributed by atoms with Crippen LogP contribution in [0.25, 0.3) is 21.9 Å². The van der Waals surface area contributed by atoms with Crippen molar-refractivity contribution < 1.29 is 14.3 Å². The average molecular weight is 295 g/mol. The topological polar surface area (TPSA) is 80.4 Å². The molecular formula is C17H13NO4. The third-order valence-corrected chi connectivity index (χ3v) is 4.27. The minimum Gasteiger partial charge on any atom is -0.475 e. The predicted octanol–water partition coefficient (Wildman–Crippen LogP) is 2.92. The maximum Gasteiger partial charge on any atom is 0.371 e. The Morgan fingerprint density at radius 3 is 2.82 bits per heavy atom. The number of carboxylic acids is 1. The number of pyridine rings is 1. The van der Waals surface area contributed by atoms with E-state index in [1.807, 2.05) is 12.1 Å². The fourth-order valence-corrected chi connectivity index (χ4v) is 3.20. The number of nitrogens with zero attached hydrogens (tertiary/aromatic N) is 1. The SMILES string of the molecule is O=C(O)c1cc(=O)c2cnc3c4c(ccc3c2o1)CCCC4. The van der Waals surface area contributed by atoms with Crippen LogP contribution in [0.4, 0.5) is 0 Å². The van der Waals surface area contributed by atoms with Crippen molar-refractivity contribution in [3.63, 3.8) is 0 Å². The van der Waals surface area contributed by atoms with Gasteiger partial charge >= 0.3 is 5.97 Å². The first-order chi connectivity index (χ1) is 10.6. The van der Waals surface area contributed by atoms with E-state index in [1.165, 1.54) is 23.7 Å². The van der Waals surface area contributed by atoms with Crippen molar-refractivity contribution in [2.75, 3.05) is 0 Å². The fourth-order valence-electron chi connectivity index (χ4n) is 3.20. The maximum absolute atomic E-state index is 12.1. The summed E-state index contributed by atoms with van der Waals surface area (Å²) < 4.78 is 5.47. The standard InChI is InChI=1S/C17H13NO4/c19-13-7-14(17(20)21)22-16-11-6-5-9-3-1-2-4-10(9)15(11)18-8-12(13)16/h5-8H,1-4H2,(H,20,21). The molecule has 0 fully saturated rings. The van der Waals surface area contributed by atoms with Crippen molar-refractivity contribution in [1.29, 1.82) is 0 Å². The Hall–Kier alpha value is -2.69. The lowest BCUT2D eigenvalue weighted by Gasteiger charge is -2.17. The Labute approximate surface area is 125 Å². The molecule has 0 bridgehead atoms. The molecule has 2 aromatic heterocycles. The Morgan fingerprint density at radius 1 is 1.18 bits per heavy atom. The second-order valence-electron chi connectivity index (χ2n) is 5.59. The lowest BCUT2D eigenvalue weighted by Crippen LogP contribution is -2.08. The zero-order chi connectivity index (χ0) is 15.3. The van der Waals surface area contributed by atoms with E-state index in [2.05, 4.69) is 4.98 Å². The van der Waals surface area contributed by atoms with Crippen LogP contribution in [0, 0.1) is 0 Å². The molecule has 0 amide bonds. The Bertz CT molecular complexity index is 987. The molecule has 110 valence electrons. The molecule has 3 aromatic rings. The first-order valence-electron chi connectivity index (χ1n) is 7.26. The Balaban J connectivity index is 2.14. The van der Waals surface area contributed by atoms with Crippen LogP contribution in [-0.2, 0) is 12.8 Å². The van der Waals surface area contributed by atoms with E-state index in [-0.39, 0.29) is 11.2 Å². The molecule has 0 radical (unpaired) electrons. The number of rotatable bonds is 1. The van der Waals surface area contributed by atoms with E-state index >= 15 is 0 Å². The van der Waals surface area contributed by atoms with E-state index < -0.39 is 5.97 Å². The van der Waals surface area contributed by atoms with E-state index in [4.69, 9.17) is 9.52 Å². The molecule has 1 aliphatic rings. The molecule has 0 aliphatic heterocycles. The van der Waals surface area contributed by atoms with Crippen LogP contribution in [0.15, 0.2) is 33.6 Å². The average Bonchev–Trinajstić information content (AvgIpc) is 2.54. The minimum absolute atomic E-state index is 0.309. The fraction of sp³-hybridized carbons (Fsp3) is 0.235. The molecule has 4 rings (SSSR count). The molecule has 0 atom stereocenters. The molecule has 0 unspecified atom stereocenters. The minimum atomic E-state index is -1.25. The molecule has 0 spiro atoms. The molecule has 0 saturated carbocycles. The summed E-state index contributed by atoms with van der Waals surface area (Å²) in [6, 6.07) is 4.91. The lowest BCUT2D eigenvalue weighted by atomic mass is 9.89. The highest BCUT2D eigenvalue weighted by Gasteiger charge is 2.18. The summed E-state index contributed by atoms with van der Waals surface area (Å²) in [6.07, 6.45) is 5.76. The van der Waals surface area contributed by atoms with Crippen LogP contribution >= 0.6 is 0 Å². The van der Waals surface area contributed by atoms with Crippen molar-refractivity contribution in [2.24, 2.45) is 0 Å². The Morgan fingerprint density at radius 2 is 2.00 bits per heavy atom. The van der Waals surface area contributed by atoms with E-state index in [0.717, 1.165) is 30.8 Å². The first kappa shape index (κ1) is 13.0. The molecule has 1 aliphatic carbocycles. The highest BCUT2D eigenvalue weighted by molar-refractivity contribution is 6.03. The number of carboxylic acid groups (broad SMARTS) is 1. The largest absolute Gasteiger partial charge is 0.475 e. The van der Waals surface area contributed by atoms with Crippen molar-refractivity contribution in [1.82, 2.24) is 4.98 Å². The highest BCUT2D eigenvalue weighted by atomic mass is 16.4. The van der Waals surface area contributed by atoms with Gasteiger partial charge in [-0.1, -0.05) is 6.07 Å².